The largest absolute Gasteiger partial charge is 0.473 e. The molecule has 1 aliphatic rings. The predicted molar refractivity (Wildman–Crippen MR) is 97.0 cm³/mol. The van der Waals surface area contributed by atoms with Crippen molar-refractivity contribution in [3.8, 4) is 5.88 Å². The number of nitrogens with zero attached hydrogens (tertiary/aromatic N) is 1. The summed E-state index contributed by atoms with van der Waals surface area (Å²) in [6.07, 6.45) is 6.70. The van der Waals surface area contributed by atoms with Gasteiger partial charge in [-0.1, -0.05) is 13.8 Å². The van der Waals surface area contributed by atoms with Crippen LogP contribution >= 0.6 is 11.3 Å². The van der Waals surface area contributed by atoms with Crippen LogP contribution in [0.5, 0.6) is 5.88 Å². The van der Waals surface area contributed by atoms with Gasteiger partial charge in [-0.15, -0.1) is 11.3 Å². The van der Waals surface area contributed by atoms with Gasteiger partial charge in [-0.2, -0.15) is 0 Å². The van der Waals surface area contributed by atoms with Crippen LogP contribution in [0.2, 0.25) is 0 Å². The average molecular weight is 355 g/mol. The number of carbonyl (C=O) groups is 1. The molecule has 0 bridgehead atoms. The quantitative estimate of drug-likeness (QED) is 0.712. The highest BCUT2D eigenvalue weighted by Crippen LogP contribution is 2.30. The molecule has 1 aromatic heterocycles. The molecule has 5 nitrogen and oxygen atoms in total. The van der Waals surface area contributed by atoms with Crippen molar-refractivity contribution in [3.63, 3.8) is 0 Å². The summed E-state index contributed by atoms with van der Waals surface area (Å²) in [7, 11) is 0. The van der Waals surface area contributed by atoms with Crippen LogP contribution in [0.15, 0.2) is 0 Å². The van der Waals surface area contributed by atoms with E-state index < -0.39 is 0 Å². The Labute approximate surface area is 149 Å². The Morgan fingerprint density at radius 1 is 1.25 bits per heavy atom. The van der Waals surface area contributed by atoms with E-state index in [4.69, 9.17) is 9.47 Å². The van der Waals surface area contributed by atoms with E-state index >= 15 is 0 Å². The molecular weight excluding hydrogens is 324 g/mol. The lowest BCUT2D eigenvalue weighted by Gasteiger charge is -2.31. The van der Waals surface area contributed by atoms with Crippen LogP contribution in [-0.2, 0) is 4.74 Å². The molecule has 24 heavy (non-hydrogen) atoms. The molecule has 1 aromatic rings. The zero-order valence-corrected chi connectivity index (χ0v) is 16.1. The van der Waals surface area contributed by atoms with Gasteiger partial charge in [0.05, 0.1) is 11.6 Å². The van der Waals surface area contributed by atoms with E-state index in [0.29, 0.717) is 29.4 Å². The second kappa shape index (κ2) is 9.37. The van der Waals surface area contributed by atoms with Gasteiger partial charge in [0, 0.05) is 12.1 Å². The zero-order chi connectivity index (χ0) is 17.5. The van der Waals surface area contributed by atoms with E-state index in [1.807, 2.05) is 6.92 Å². The molecule has 136 valence electrons. The Hall–Kier alpha value is -1.14. The second-order valence-electron chi connectivity index (χ2n) is 6.36. The van der Waals surface area contributed by atoms with Gasteiger partial charge in [-0.25, -0.2) is 9.78 Å². The normalized spacial score (nSPS) is 21.0. The van der Waals surface area contributed by atoms with Crippen LogP contribution < -0.4 is 10.1 Å². The molecule has 1 fully saturated rings. The minimum absolute atomic E-state index is 0.138. The highest BCUT2D eigenvalue weighted by Gasteiger charge is 2.27. The van der Waals surface area contributed by atoms with Crippen LogP contribution in [0.3, 0.4) is 0 Å². The maximum atomic E-state index is 12.0. The van der Waals surface area contributed by atoms with E-state index in [2.05, 4.69) is 24.1 Å². The summed E-state index contributed by atoms with van der Waals surface area (Å²) in [5.74, 6) is 0.120. The molecule has 0 atom stereocenters. The van der Waals surface area contributed by atoms with Crippen LogP contribution in [0.4, 0.5) is 0 Å². The summed E-state index contributed by atoms with van der Waals surface area (Å²) in [5.41, 5.74) is 0. The van der Waals surface area contributed by atoms with E-state index in [9.17, 15) is 4.79 Å². The van der Waals surface area contributed by atoms with Crippen LogP contribution in [-0.4, -0.2) is 35.7 Å². The summed E-state index contributed by atoms with van der Waals surface area (Å²) in [5, 5.41) is 4.58. The Morgan fingerprint density at radius 3 is 2.50 bits per heavy atom. The average Bonchev–Trinajstić information content (AvgIpc) is 2.95. The topological polar surface area (TPSA) is 60.5 Å². The van der Waals surface area contributed by atoms with Crippen molar-refractivity contribution < 1.29 is 14.3 Å². The molecule has 0 aliphatic heterocycles. The highest BCUT2D eigenvalue weighted by molar-refractivity contribution is 7.13. The van der Waals surface area contributed by atoms with Crippen LogP contribution in [0, 0.1) is 6.92 Å². The number of ether oxygens (including phenoxy) is 2. The van der Waals surface area contributed by atoms with Gasteiger partial charge in [0.15, 0.2) is 4.88 Å². The first-order chi connectivity index (χ1) is 11.6. The van der Waals surface area contributed by atoms with E-state index in [0.717, 1.165) is 30.7 Å². The smallest absolute Gasteiger partial charge is 0.353 e. The van der Waals surface area contributed by atoms with Crippen molar-refractivity contribution in [2.45, 2.75) is 84.4 Å². The molecule has 0 radical (unpaired) electrons. The van der Waals surface area contributed by atoms with Crippen molar-refractivity contribution in [2.75, 3.05) is 6.61 Å². The van der Waals surface area contributed by atoms with E-state index in [1.54, 1.807) is 6.92 Å². The summed E-state index contributed by atoms with van der Waals surface area (Å²) in [4.78, 5) is 16.9. The molecule has 2 rings (SSSR count). The summed E-state index contributed by atoms with van der Waals surface area (Å²) < 4.78 is 11.1. The number of hydrogen-bond acceptors (Lipinski definition) is 6. The van der Waals surface area contributed by atoms with Gasteiger partial charge < -0.3 is 14.8 Å². The molecule has 0 unspecified atom stereocenters. The Balaban J connectivity index is 1.89. The lowest BCUT2D eigenvalue weighted by molar-refractivity contribution is 0.0520. The van der Waals surface area contributed by atoms with Gasteiger partial charge in [0.2, 0.25) is 5.88 Å². The third-order valence-electron chi connectivity index (χ3n) is 4.57. The molecule has 0 saturated heterocycles. The minimum atomic E-state index is -0.331. The van der Waals surface area contributed by atoms with E-state index in [1.165, 1.54) is 24.2 Å². The summed E-state index contributed by atoms with van der Waals surface area (Å²) >= 11 is 1.34. The molecule has 6 heteroatoms. The number of esters is 1. The first-order valence-corrected chi connectivity index (χ1v) is 9.96. The Morgan fingerprint density at radius 2 is 1.92 bits per heavy atom. The first-order valence-electron chi connectivity index (χ1n) is 9.14. The van der Waals surface area contributed by atoms with E-state index in [-0.39, 0.29) is 12.1 Å². The number of aryl methyl sites for hydroxylation is 1. The van der Waals surface area contributed by atoms with Gasteiger partial charge >= 0.3 is 5.97 Å². The van der Waals surface area contributed by atoms with Crippen molar-refractivity contribution in [1.82, 2.24) is 10.3 Å². The number of nitrogens with one attached hydrogen (secondary N) is 1. The number of thiazole rings is 1. The van der Waals surface area contributed by atoms with Crippen molar-refractivity contribution in [2.24, 2.45) is 0 Å². The predicted octanol–water partition coefficient (Wildman–Crippen LogP) is 4.10. The number of aromatic nitrogens is 1. The number of hydrogen-bond donors (Lipinski definition) is 1. The van der Waals surface area contributed by atoms with Crippen molar-refractivity contribution in [3.05, 3.63) is 9.88 Å². The Bertz CT molecular complexity index is 520. The molecular formula is C18H30N2O3S. The van der Waals surface area contributed by atoms with Crippen LogP contribution in [0.25, 0.3) is 0 Å². The maximum Gasteiger partial charge on any atom is 0.353 e. The molecule has 1 heterocycles. The summed E-state index contributed by atoms with van der Waals surface area (Å²) in [6, 6.07) is 1.19. The van der Waals surface area contributed by atoms with Gasteiger partial charge in [0.1, 0.15) is 6.10 Å². The molecule has 1 aliphatic carbocycles. The fourth-order valence-electron chi connectivity index (χ4n) is 3.18. The fraction of sp³-hybridized carbons (Fsp3) is 0.778. The third kappa shape index (κ3) is 5.18. The van der Waals surface area contributed by atoms with Gasteiger partial charge in [-0.3, -0.25) is 0 Å². The molecule has 0 amide bonds. The van der Waals surface area contributed by atoms with Crippen molar-refractivity contribution >= 4 is 17.3 Å². The third-order valence-corrected chi connectivity index (χ3v) is 5.51. The standard InChI is InChI=1S/C18H30N2O3S/c1-5-13(6-2)20-14-8-10-15(11-9-14)23-17-16(18(21)22-7-3)24-12(4)19-17/h13-15,20H,5-11H2,1-4H3. The van der Waals surface area contributed by atoms with Crippen molar-refractivity contribution in [1.29, 1.82) is 0 Å². The SMILES string of the molecule is CCOC(=O)c1sc(C)nc1OC1CCC(NC(CC)CC)CC1. The number of rotatable bonds is 8. The fourth-order valence-corrected chi connectivity index (χ4v) is 3.92. The molecule has 0 spiro atoms. The highest BCUT2D eigenvalue weighted by atomic mass is 32.1. The Kier molecular flexibility index (Phi) is 7.49. The monoisotopic (exact) mass is 354 g/mol. The molecule has 0 aromatic carbocycles. The zero-order valence-electron chi connectivity index (χ0n) is 15.3. The van der Waals surface area contributed by atoms with Gasteiger partial charge in [0.25, 0.3) is 0 Å². The maximum absolute atomic E-state index is 12.0. The number of carbonyl (C=O) groups excluding carboxylic acids is 1. The molecule has 1 N–H and O–H groups in total. The summed E-state index contributed by atoms with van der Waals surface area (Å²) in [6.45, 7) is 8.52. The van der Waals surface area contributed by atoms with Gasteiger partial charge in [-0.05, 0) is 52.4 Å². The minimum Gasteiger partial charge on any atom is -0.473 e. The van der Waals surface area contributed by atoms with Crippen LogP contribution in [0.1, 0.15) is 74.0 Å². The first kappa shape index (κ1) is 19.2. The lowest BCUT2D eigenvalue weighted by Crippen LogP contribution is -2.41. The lowest BCUT2D eigenvalue weighted by atomic mass is 9.92. The second-order valence-corrected chi connectivity index (χ2v) is 7.56. The molecule has 1 saturated carbocycles.